The number of carboxylic acid groups (broad SMARTS) is 1. The zero-order valence-corrected chi connectivity index (χ0v) is 77.1. The number of aliphatic hydroxyl groups excluding tert-OH is 4. The average molecular weight is 1710 g/mol. The lowest BCUT2D eigenvalue weighted by Crippen LogP contribution is -2.55. The molecular formula is C106H148N8O11. The maximum Gasteiger partial charge on any atom is 0.317 e. The molecule has 4 aromatic carbocycles. The van der Waals surface area contributed by atoms with Gasteiger partial charge in [-0.25, -0.2) is 0 Å². The number of pyridine rings is 4. The van der Waals surface area contributed by atoms with Gasteiger partial charge in [-0.05, 0) is 299 Å². The van der Waals surface area contributed by atoms with Crippen LogP contribution in [-0.2, 0) is 28.7 Å². The molecule has 16 unspecified atom stereocenters. The molecule has 15 fully saturated rings. The highest BCUT2D eigenvalue weighted by molar-refractivity contribution is 5.96. The number of aromatic nitrogens is 4. The zero-order chi connectivity index (χ0) is 88.5. The predicted octanol–water partition coefficient (Wildman–Crippen LogP) is 20.5. The van der Waals surface area contributed by atoms with Gasteiger partial charge in [-0.3, -0.25) is 58.7 Å². The molecule has 0 spiro atoms. The highest BCUT2D eigenvalue weighted by Gasteiger charge is 2.49. The molecule has 19 heteroatoms. The molecule has 8 bridgehead atoms. The number of piperidine rings is 12. The molecule has 8 aromatic rings. The lowest BCUT2D eigenvalue weighted by molar-refractivity contribution is -0.157. The highest BCUT2D eigenvalue weighted by atomic mass is 16.6. The van der Waals surface area contributed by atoms with Crippen molar-refractivity contribution in [1.82, 2.24) is 39.5 Å². The number of carbonyl (C=O) groups excluding carboxylic acids is 3. The van der Waals surface area contributed by atoms with Crippen molar-refractivity contribution in [1.29, 1.82) is 0 Å². The van der Waals surface area contributed by atoms with Gasteiger partial charge in [-0.2, -0.15) is 0 Å². The van der Waals surface area contributed by atoms with Gasteiger partial charge in [-0.1, -0.05) is 159 Å². The summed E-state index contributed by atoms with van der Waals surface area (Å²) < 4.78 is 9.10. The van der Waals surface area contributed by atoms with Gasteiger partial charge in [0.25, 0.3) is 0 Å². The first kappa shape index (κ1) is 94.9. The van der Waals surface area contributed by atoms with Crippen molar-refractivity contribution in [2.24, 2.45) is 71.0 Å². The Kier molecular flexibility index (Phi) is 34.2. The van der Waals surface area contributed by atoms with E-state index >= 15 is 0 Å². The summed E-state index contributed by atoms with van der Waals surface area (Å²) in [7, 11) is 1.30. The summed E-state index contributed by atoms with van der Waals surface area (Å²) >= 11 is 0. The van der Waals surface area contributed by atoms with Crippen molar-refractivity contribution in [2.75, 3.05) is 59.5 Å². The molecule has 13 saturated heterocycles. The number of hydrogen-bond acceptors (Lipinski definition) is 18. The van der Waals surface area contributed by atoms with E-state index in [-0.39, 0.29) is 53.9 Å². The van der Waals surface area contributed by atoms with Crippen LogP contribution in [0.2, 0.25) is 0 Å². The maximum absolute atomic E-state index is 11.2. The Morgan fingerprint density at radius 2 is 0.680 bits per heavy atom. The van der Waals surface area contributed by atoms with Crippen LogP contribution in [-0.4, -0.2) is 173 Å². The Balaban J connectivity index is 0.000000130. The summed E-state index contributed by atoms with van der Waals surface area (Å²) in [5.74, 6) is 3.52. The molecule has 15 aliphatic rings. The number of unbranched alkanes of at least 4 members (excludes halogenated alkanes) is 2. The third-order valence-corrected chi connectivity index (χ3v) is 30.5. The number of cyclic esters (lactones) is 2. The maximum atomic E-state index is 11.2. The van der Waals surface area contributed by atoms with E-state index < -0.39 is 42.2 Å². The van der Waals surface area contributed by atoms with E-state index in [1.807, 2.05) is 49.1 Å². The molecule has 2 saturated carbocycles. The number of esters is 3. The normalized spacial score (nSPS) is 30.0. The van der Waals surface area contributed by atoms with Crippen LogP contribution in [0.5, 0.6) is 0 Å². The molecule has 17 heterocycles. The van der Waals surface area contributed by atoms with Gasteiger partial charge >= 0.3 is 23.9 Å². The van der Waals surface area contributed by atoms with Gasteiger partial charge < -0.3 is 35.0 Å². The van der Waals surface area contributed by atoms with Gasteiger partial charge in [0.1, 0.15) is 0 Å². The fourth-order valence-corrected chi connectivity index (χ4v) is 23.8. The first-order valence-electron chi connectivity index (χ1n) is 48.7. The van der Waals surface area contributed by atoms with Crippen LogP contribution in [0.15, 0.2) is 122 Å². The summed E-state index contributed by atoms with van der Waals surface area (Å²) in [5.41, 5.74) is 13.0. The smallest absolute Gasteiger partial charge is 0.317 e. The number of aliphatic carboxylic acids is 1. The minimum atomic E-state index is -0.880. The van der Waals surface area contributed by atoms with Crippen LogP contribution in [0, 0.1) is 98.7 Å². The number of aliphatic hydroxyl groups is 4. The summed E-state index contributed by atoms with van der Waals surface area (Å²) in [6.07, 6.45) is 36.8. The number of ether oxygens (including phenoxy) is 2. The SMILES string of the molecule is CCC.CCCC1CN2CCC1CC2[C@@H](O)c1ccnc2ccc(C)cc12.CCCC1CN2CCC1CC2[C@@H](O)c1ccnc2ccc(C)cc12.CCCCC1CN2CCC1CC2[C@@H](O)c1ccnc2ccc(C)cc12.CCCCC1CN2CCC1CC2[C@@H](O)c1ccnc2ccc(C)cc12.COC(=O)[C@H]1CCCC[C@H]1C(=O)O.O=C1OC(=O)[C@@H]2CCCC[C@H]12. The second-order valence-electron chi connectivity index (χ2n) is 39.1. The van der Waals surface area contributed by atoms with Crippen molar-refractivity contribution in [3.05, 3.63) is 166 Å². The van der Waals surface area contributed by atoms with Gasteiger partial charge in [0.05, 0.1) is 77.3 Å². The number of carbonyl (C=O) groups is 4. The van der Waals surface area contributed by atoms with E-state index in [9.17, 15) is 39.6 Å². The molecule has 0 amide bonds. The molecule has 0 radical (unpaired) electrons. The molecule has 5 N–H and O–H groups in total. The second kappa shape index (κ2) is 45.0. The van der Waals surface area contributed by atoms with Crippen LogP contribution in [0.1, 0.15) is 284 Å². The van der Waals surface area contributed by atoms with E-state index in [0.717, 1.165) is 204 Å². The molecule has 19 nitrogen and oxygen atoms in total. The molecule has 23 rings (SSSR count). The first-order chi connectivity index (χ1) is 60.5. The van der Waals surface area contributed by atoms with Gasteiger partial charge in [0, 0.05) is 96.7 Å². The minimum absolute atomic E-state index is 0.101. The Hall–Kier alpha value is -7.72. The van der Waals surface area contributed by atoms with E-state index in [2.05, 4.69) is 191 Å². The Bertz CT molecular complexity index is 4590. The summed E-state index contributed by atoms with van der Waals surface area (Å²) in [5, 5.41) is 58.2. The average Bonchev–Trinajstić information content (AvgIpc) is 1.75. The third-order valence-electron chi connectivity index (χ3n) is 30.5. The lowest BCUT2D eigenvalue weighted by atomic mass is 9.72. The quantitative estimate of drug-likeness (QED) is 0.0351. The topological polar surface area (TPSA) is 252 Å². The molecule has 24 atom stereocenters. The summed E-state index contributed by atoms with van der Waals surface area (Å²) in [6, 6.07) is 34.4. The van der Waals surface area contributed by atoms with E-state index in [4.69, 9.17) is 5.11 Å². The fraction of sp³-hybridized carbons (Fsp3) is 0.623. The highest BCUT2D eigenvalue weighted by Crippen LogP contribution is 2.49. The van der Waals surface area contributed by atoms with E-state index in [1.165, 1.54) is 152 Å². The van der Waals surface area contributed by atoms with Crippen LogP contribution in [0.4, 0.5) is 0 Å². The fourth-order valence-electron chi connectivity index (χ4n) is 23.8. The predicted molar refractivity (Wildman–Crippen MR) is 499 cm³/mol. The van der Waals surface area contributed by atoms with Crippen molar-refractivity contribution in [2.45, 2.75) is 291 Å². The van der Waals surface area contributed by atoms with Gasteiger partial charge in [0.15, 0.2) is 0 Å². The Morgan fingerprint density at radius 1 is 0.400 bits per heavy atom. The minimum Gasteiger partial charge on any atom is -0.481 e. The standard InChI is InChI=1S/2C22H30N2O.2C21H28N2O.C9H14O4.C8H10O3.C3H8/c2*1-3-4-5-17-14-24-11-9-16(17)13-21(24)22(25)18-8-10-23-20-7-6-15(2)12-19(18)20;2*1-3-4-16-13-23-10-8-15(16)12-20(23)21(24)17-7-9-22-19-6-5-14(2)11-18(17)19;1-13-9(12)7-5-3-2-4-6(7)8(10)11;9-7-5-3-1-2-4-6(5)8(10)11-7;1-3-2/h2*6-8,10,12,16-17,21-22,25H,3-5,9,11,13-14H2,1-2H3;2*5-7,9,11,15-16,20-21,24H,3-4,8,10,12-13H2,1-2H3;6-7H,2-5H2,1H3,(H,10,11);5-6H,1-4H2;3H2,1-2H3/t2*16?,17?,21?,22-;2*15?,16?,20?,21-;6-,7+;5-,6+;/m00001../s1. The lowest BCUT2D eigenvalue weighted by Gasteiger charge is -2.51. The van der Waals surface area contributed by atoms with Crippen LogP contribution < -0.4 is 0 Å². The number of rotatable bonds is 20. The van der Waals surface area contributed by atoms with Crippen LogP contribution in [0.25, 0.3) is 43.6 Å². The molecule has 125 heavy (non-hydrogen) atoms. The monoisotopic (exact) mass is 1710 g/mol. The van der Waals surface area contributed by atoms with Crippen molar-refractivity contribution < 1.29 is 54.2 Å². The van der Waals surface area contributed by atoms with Crippen LogP contribution >= 0.6 is 0 Å². The number of aryl methyl sites for hydroxylation is 4. The molecule has 13 aliphatic heterocycles. The van der Waals surface area contributed by atoms with Crippen molar-refractivity contribution >= 4 is 67.5 Å². The second-order valence-corrected chi connectivity index (χ2v) is 39.1. The number of nitrogens with zero attached hydrogens (tertiary/aromatic N) is 8. The largest absolute Gasteiger partial charge is 0.481 e. The number of hydrogen-bond donors (Lipinski definition) is 5. The number of fused-ring (bicyclic) bond motifs is 17. The number of methoxy groups -OCH3 is 1. The van der Waals surface area contributed by atoms with E-state index in [1.54, 1.807) is 0 Å². The first-order valence-corrected chi connectivity index (χ1v) is 48.7. The molecule has 2 aliphatic carbocycles. The molecule has 4 aromatic heterocycles. The third kappa shape index (κ3) is 22.8. The number of benzene rings is 4. The van der Waals surface area contributed by atoms with Gasteiger partial charge in [-0.15, -0.1) is 0 Å². The molecule has 678 valence electrons. The van der Waals surface area contributed by atoms with Gasteiger partial charge in [0.2, 0.25) is 0 Å². The zero-order valence-electron chi connectivity index (χ0n) is 77.1. The van der Waals surface area contributed by atoms with Crippen LogP contribution in [0.3, 0.4) is 0 Å². The summed E-state index contributed by atoms with van der Waals surface area (Å²) in [6.45, 7) is 31.1. The Labute approximate surface area is 745 Å². The molecular weight excluding hydrogens is 1560 g/mol. The summed E-state index contributed by atoms with van der Waals surface area (Å²) in [4.78, 5) is 72.0. The van der Waals surface area contributed by atoms with E-state index in [0.29, 0.717) is 12.8 Å². The Morgan fingerprint density at radius 3 is 0.936 bits per heavy atom. The number of carboxylic acids is 1. The van der Waals surface area contributed by atoms with Crippen molar-refractivity contribution in [3.63, 3.8) is 0 Å². The van der Waals surface area contributed by atoms with Crippen molar-refractivity contribution in [3.8, 4) is 0 Å².